The molecule has 0 heterocycles. The van der Waals surface area contributed by atoms with Crippen LogP contribution in [-0.2, 0) is 0 Å². The van der Waals surface area contributed by atoms with Gasteiger partial charge < -0.3 is 16.0 Å². The molecule has 0 fully saturated rings. The Bertz CT molecular complexity index is 244. The van der Waals surface area contributed by atoms with E-state index in [-0.39, 0.29) is 0 Å². The van der Waals surface area contributed by atoms with E-state index in [2.05, 4.69) is 43.6 Å². The molecule has 0 saturated carbocycles. The van der Waals surface area contributed by atoms with E-state index in [1.54, 1.807) is 0 Å². The van der Waals surface area contributed by atoms with Gasteiger partial charge in [0.25, 0.3) is 0 Å². The first kappa shape index (κ1) is 26.9. The highest BCUT2D eigenvalue weighted by Gasteiger charge is 2.02. The predicted molar refractivity (Wildman–Crippen MR) is 124 cm³/mol. The Morgan fingerprint density at radius 2 is 0.852 bits per heavy atom. The molecule has 2 atom stereocenters. The largest absolute Gasteiger partial charge is 0.314 e. The summed E-state index contributed by atoms with van der Waals surface area (Å²) in [4.78, 5) is 0. The van der Waals surface area contributed by atoms with Crippen LogP contribution in [0.3, 0.4) is 0 Å². The van der Waals surface area contributed by atoms with E-state index in [0.717, 1.165) is 26.2 Å². The maximum atomic E-state index is 3.65. The van der Waals surface area contributed by atoms with Crippen LogP contribution in [-0.4, -0.2) is 38.3 Å². The van der Waals surface area contributed by atoms with E-state index < -0.39 is 0 Å². The predicted octanol–water partition coefficient (Wildman–Crippen LogP) is 6.03. The molecule has 27 heavy (non-hydrogen) atoms. The van der Waals surface area contributed by atoms with Gasteiger partial charge in [0.2, 0.25) is 0 Å². The van der Waals surface area contributed by atoms with Crippen molar-refractivity contribution in [3.8, 4) is 0 Å². The van der Waals surface area contributed by atoms with Crippen molar-refractivity contribution in [2.24, 2.45) is 0 Å². The fourth-order valence-electron chi connectivity index (χ4n) is 3.60. The van der Waals surface area contributed by atoms with Crippen LogP contribution >= 0.6 is 0 Å². The standard InChI is InChI=1S/C24H53N3/c1-5-7-9-11-13-15-17-23(3)26-21-19-25-20-22-27-24(4)18-16-14-12-10-8-6-2/h23-27H,5-22H2,1-4H3. The van der Waals surface area contributed by atoms with Gasteiger partial charge in [-0.25, -0.2) is 0 Å². The summed E-state index contributed by atoms with van der Waals surface area (Å²) in [7, 11) is 0. The lowest BCUT2D eigenvalue weighted by atomic mass is 10.1. The first-order valence-electron chi connectivity index (χ1n) is 12.4. The lowest BCUT2D eigenvalue weighted by Gasteiger charge is -2.15. The molecule has 0 aliphatic heterocycles. The van der Waals surface area contributed by atoms with E-state index in [0.29, 0.717) is 12.1 Å². The van der Waals surface area contributed by atoms with Crippen LogP contribution in [0.1, 0.15) is 118 Å². The highest BCUT2D eigenvalue weighted by Crippen LogP contribution is 2.09. The topological polar surface area (TPSA) is 36.1 Å². The van der Waals surface area contributed by atoms with Gasteiger partial charge in [0.15, 0.2) is 0 Å². The highest BCUT2D eigenvalue weighted by atomic mass is 15.0. The number of rotatable bonds is 22. The maximum Gasteiger partial charge on any atom is 0.00792 e. The van der Waals surface area contributed by atoms with Crippen LogP contribution in [0.25, 0.3) is 0 Å². The molecule has 0 amide bonds. The fraction of sp³-hybridized carbons (Fsp3) is 1.00. The van der Waals surface area contributed by atoms with Gasteiger partial charge in [-0.05, 0) is 26.7 Å². The molecule has 0 aromatic carbocycles. The Balaban J connectivity index is 3.24. The molecular formula is C24H53N3. The summed E-state index contributed by atoms with van der Waals surface area (Å²) >= 11 is 0. The Morgan fingerprint density at radius 3 is 1.26 bits per heavy atom. The normalized spacial score (nSPS) is 13.8. The number of hydrogen-bond acceptors (Lipinski definition) is 3. The second kappa shape index (κ2) is 22.2. The molecule has 0 rings (SSSR count). The van der Waals surface area contributed by atoms with Crippen LogP contribution in [0.5, 0.6) is 0 Å². The molecule has 0 radical (unpaired) electrons. The Labute approximate surface area is 172 Å². The minimum absolute atomic E-state index is 0.661. The number of unbranched alkanes of at least 4 members (excludes halogenated alkanes) is 10. The number of hydrogen-bond donors (Lipinski definition) is 3. The van der Waals surface area contributed by atoms with Crippen LogP contribution < -0.4 is 16.0 Å². The molecule has 0 saturated heterocycles. The quantitative estimate of drug-likeness (QED) is 0.200. The molecule has 0 spiro atoms. The van der Waals surface area contributed by atoms with E-state index >= 15 is 0 Å². The van der Waals surface area contributed by atoms with Gasteiger partial charge in [-0.15, -0.1) is 0 Å². The van der Waals surface area contributed by atoms with Gasteiger partial charge in [0.05, 0.1) is 0 Å². The average molecular weight is 384 g/mol. The van der Waals surface area contributed by atoms with Gasteiger partial charge in [0, 0.05) is 38.3 Å². The molecule has 2 unspecified atom stereocenters. The monoisotopic (exact) mass is 383 g/mol. The molecule has 0 aliphatic rings. The minimum Gasteiger partial charge on any atom is -0.314 e. The van der Waals surface area contributed by atoms with E-state index in [1.165, 1.54) is 89.9 Å². The summed E-state index contributed by atoms with van der Waals surface area (Å²) < 4.78 is 0. The first-order valence-corrected chi connectivity index (χ1v) is 12.4. The summed E-state index contributed by atoms with van der Waals surface area (Å²) in [6.07, 6.45) is 19.4. The van der Waals surface area contributed by atoms with Gasteiger partial charge in [-0.3, -0.25) is 0 Å². The molecule has 3 heteroatoms. The van der Waals surface area contributed by atoms with Crippen LogP contribution in [0.2, 0.25) is 0 Å². The fourth-order valence-corrected chi connectivity index (χ4v) is 3.60. The smallest absolute Gasteiger partial charge is 0.00792 e. The summed E-state index contributed by atoms with van der Waals surface area (Å²) in [6.45, 7) is 13.6. The molecule has 0 aromatic rings. The lowest BCUT2D eigenvalue weighted by Crippen LogP contribution is -2.37. The summed E-state index contributed by atoms with van der Waals surface area (Å²) in [5.41, 5.74) is 0. The van der Waals surface area contributed by atoms with Crippen LogP contribution in [0.4, 0.5) is 0 Å². The average Bonchev–Trinajstić information content (AvgIpc) is 2.66. The van der Waals surface area contributed by atoms with Crippen molar-refractivity contribution in [2.45, 2.75) is 130 Å². The van der Waals surface area contributed by atoms with Crippen LogP contribution in [0, 0.1) is 0 Å². The van der Waals surface area contributed by atoms with Crippen molar-refractivity contribution in [3.05, 3.63) is 0 Å². The summed E-state index contributed by atoms with van der Waals surface area (Å²) in [6, 6.07) is 1.32. The second-order valence-corrected chi connectivity index (χ2v) is 8.57. The van der Waals surface area contributed by atoms with Crippen molar-refractivity contribution in [1.29, 1.82) is 0 Å². The molecule has 0 bridgehead atoms. The Hall–Kier alpha value is -0.120. The highest BCUT2D eigenvalue weighted by molar-refractivity contribution is 4.64. The Kier molecular flexibility index (Phi) is 22.1. The molecule has 164 valence electrons. The van der Waals surface area contributed by atoms with Crippen molar-refractivity contribution in [2.75, 3.05) is 26.2 Å². The van der Waals surface area contributed by atoms with E-state index in [1.807, 2.05) is 0 Å². The maximum absolute atomic E-state index is 3.65. The third-order valence-electron chi connectivity index (χ3n) is 5.57. The summed E-state index contributed by atoms with van der Waals surface area (Å²) in [5.74, 6) is 0. The molecule has 0 aliphatic carbocycles. The van der Waals surface area contributed by atoms with Crippen molar-refractivity contribution in [1.82, 2.24) is 16.0 Å². The zero-order valence-corrected chi connectivity index (χ0v) is 19.4. The Morgan fingerprint density at radius 1 is 0.481 bits per heavy atom. The molecule has 3 N–H and O–H groups in total. The minimum atomic E-state index is 0.661. The van der Waals surface area contributed by atoms with E-state index in [9.17, 15) is 0 Å². The van der Waals surface area contributed by atoms with Gasteiger partial charge in [-0.2, -0.15) is 0 Å². The van der Waals surface area contributed by atoms with Gasteiger partial charge in [0.1, 0.15) is 0 Å². The molecular weight excluding hydrogens is 330 g/mol. The zero-order chi connectivity index (χ0) is 20.0. The van der Waals surface area contributed by atoms with Crippen LogP contribution in [0.15, 0.2) is 0 Å². The van der Waals surface area contributed by atoms with Gasteiger partial charge in [-0.1, -0.05) is 90.9 Å². The van der Waals surface area contributed by atoms with E-state index in [4.69, 9.17) is 0 Å². The van der Waals surface area contributed by atoms with Crippen molar-refractivity contribution >= 4 is 0 Å². The molecule has 0 aromatic heterocycles. The molecule has 3 nitrogen and oxygen atoms in total. The summed E-state index contributed by atoms with van der Waals surface area (Å²) in [5, 5.41) is 10.9. The second-order valence-electron chi connectivity index (χ2n) is 8.57. The lowest BCUT2D eigenvalue weighted by molar-refractivity contribution is 0.457. The third kappa shape index (κ3) is 22.0. The van der Waals surface area contributed by atoms with Crippen molar-refractivity contribution in [3.63, 3.8) is 0 Å². The van der Waals surface area contributed by atoms with Crippen molar-refractivity contribution < 1.29 is 0 Å². The van der Waals surface area contributed by atoms with Gasteiger partial charge >= 0.3 is 0 Å². The third-order valence-corrected chi connectivity index (χ3v) is 5.57. The zero-order valence-electron chi connectivity index (χ0n) is 19.4. The SMILES string of the molecule is CCCCCCCCC(C)NCCNCCNC(C)CCCCCCCC. The number of nitrogens with one attached hydrogen (secondary N) is 3. The first-order chi connectivity index (χ1) is 13.2.